The lowest BCUT2D eigenvalue weighted by molar-refractivity contribution is 0.276. The van der Waals surface area contributed by atoms with Crippen LogP contribution in [0.2, 0.25) is 0 Å². The van der Waals surface area contributed by atoms with Crippen LogP contribution in [0.3, 0.4) is 0 Å². The fraction of sp³-hybridized carbons (Fsp3) is 0.625. The van der Waals surface area contributed by atoms with Gasteiger partial charge in [-0.25, -0.2) is 8.42 Å². The molecule has 0 spiro atoms. The summed E-state index contributed by atoms with van der Waals surface area (Å²) in [6.07, 6.45) is 0.770. The van der Waals surface area contributed by atoms with Crippen LogP contribution in [0.5, 0.6) is 0 Å². The molecule has 1 aliphatic rings. The molecule has 25 heavy (non-hydrogen) atoms. The Morgan fingerprint density at radius 2 is 1.60 bits per heavy atom. The van der Waals surface area contributed by atoms with Crippen LogP contribution in [-0.2, 0) is 16.6 Å². The molecule has 138 valence electrons. The summed E-state index contributed by atoms with van der Waals surface area (Å²) >= 11 is 0. The van der Waals surface area contributed by atoms with Crippen LogP contribution in [0, 0.1) is 27.7 Å². The van der Waals surface area contributed by atoms with Crippen molar-refractivity contribution in [3.63, 3.8) is 0 Å². The molecule has 3 heterocycles. The van der Waals surface area contributed by atoms with E-state index in [-0.39, 0.29) is 4.90 Å². The summed E-state index contributed by atoms with van der Waals surface area (Å²) in [5.74, 6) is 1.16. The molecule has 0 radical (unpaired) electrons. The molecular weight excluding hydrogens is 344 g/mol. The second-order valence-electron chi connectivity index (χ2n) is 6.49. The zero-order chi connectivity index (χ0) is 18.2. The number of sulfonamides is 1. The summed E-state index contributed by atoms with van der Waals surface area (Å²) in [5, 5.41) is 7.76. The summed E-state index contributed by atoms with van der Waals surface area (Å²) < 4.78 is 37.7. The van der Waals surface area contributed by atoms with Crippen molar-refractivity contribution in [1.29, 1.82) is 0 Å². The highest BCUT2D eigenvalue weighted by atomic mass is 32.2. The predicted octanol–water partition coefficient (Wildman–Crippen LogP) is 1.79. The van der Waals surface area contributed by atoms with Gasteiger partial charge in [-0.1, -0.05) is 10.3 Å². The Morgan fingerprint density at radius 1 is 0.920 bits per heavy atom. The van der Waals surface area contributed by atoms with E-state index in [1.807, 2.05) is 13.8 Å². The van der Waals surface area contributed by atoms with Gasteiger partial charge >= 0.3 is 0 Å². The third-order valence-electron chi connectivity index (χ3n) is 4.68. The Balaban J connectivity index is 1.73. The molecule has 2 aromatic rings. The smallest absolute Gasteiger partial charge is 0.248 e. The maximum Gasteiger partial charge on any atom is 0.248 e. The van der Waals surface area contributed by atoms with Crippen LogP contribution < -0.4 is 0 Å². The first kappa shape index (κ1) is 18.1. The van der Waals surface area contributed by atoms with E-state index in [1.54, 1.807) is 13.8 Å². The highest BCUT2D eigenvalue weighted by Gasteiger charge is 2.32. The van der Waals surface area contributed by atoms with Gasteiger partial charge in [-0.2, -0.15) is 4.31 Å². The fourth-order valence-corrected chi connectivity index (χ4v) is 5.03. The highest BCUT2D eigenvalue weighted by molar-refractivity contribution is 7.89. The molecule has 9 heteroatoms. The minimum Gasteiger partial charge on any atom is -0.361 e. The van der Waals surface area contributed by atoms with Gasteiger partial charge in [0.15, 0.2) is 5.76 Å². The van der Waals surface area contributed by atoms with E-state index in [9.17, 15) is 8.42 Å². The molecule has 1 aliphatic heterocycles. The Morgan fingerprint density at radius 3 is 2.20 bits per heavy atom. The topological polar surface area (TPSA) is 92.7 Å². The summed E-state index contributed by atoms with van der Waals surface area (Å²) in [7, 11) is -3.59. The lowest BCUT2D eigenvalue weighted by Crippen LogP contribution is -2.35. The van der Waals surface area contributed by atoms with Crippen LogP contribution in [-0.4, -0.2) is 54.1 Å². The first-order valence-corrected chi connectivity index (χ1v) is 9.82. The zero-order valence-electron chi connectivity index (χ0n) is 15.1. The van der Waals surface area contributed by atoms with Crippen LogP contribution >= 0.6 is 0 Å². The summed E-state index contributed by atoms with van der Waals surface area (Å²) in [6, 6.07) is 0. The molecule has 8 nitrogen and oxygen atoms in total. The number of hydrogen-bond donors (Lipinski definition) is 0. The second-order valence-corrected chi connectivity index (χ2v) is 8.36. The predicted molar refractivity (Wildman–Crippen MR) is 90.6 cm³/mol. The Kier molecular flexibility index (Phi) is 4.99. The lowest BCUT2D eigenvalue weighted by atomic mass is 10.2. The summed E-state index contributed by atoms with van der Waals surface area (Å²) in [6.45, 7) is 10.3. The molecule has 1 fully saturated rings. The average Bonchev–Trinajstić information content (AvgIpc) is 2.94. The summed E-state index contributed by atoms with van der Waals surface area (Å²) in [4.78, 5) is 2.45. The van der Waals surface area contributed by atoms with E-state index in [1.165, 1.54) is 4.31 Å². The average molecular weight is 368 g/mol. The maximum atomic E-state index is 13.0. The van der Waals surface area contributed by atoms with Crippen molar-refractivity contribution >= 4 is 10.0 Å². The molecule has 0 unspecified atom stereocenters. The molecule has 0 N–H and O–H groups in total. The third kappa shape index (κ3) is 3.49. The second kappa shape index (κ2) is 6.89. The molecule has 0 aromatic carbocycles. The molecule has 0 amide bonds. The molecule has 0 bridgehead atoms. The van der Waals surface area contributed by atoms with Gasteiger partial charge < -0.3 is 9.05 Å². The van der Waals surface area contributed by atoms with Gasteiger partial charge in [0.2, 0.25) is 10.0 Å². The van der Waals surface area contributed by atoms with Crippen LogP contribution in [0.25, 0.3) is 0 Å². The standard InChI is InChI=1S/C16H24N4O4S/c1-11-15(13(3)23-17-11)10-19-6-5-7-20(9-8-19)25(21,22)16-12(2)18-24-14(16)4/h5-10H2,1-4H3. The molecule has 1 saturated heterocycles. The SMILES string of the molecule is Cc1noc(C)c1CN1CCCN(S(=O)(=O)c2c(C)noc2C)CC1. The third-order valence-corrected chi connectivity index (χ3v) is 6.82. The monoisotopic (exact) mass is 368 g/mol. The van der Waals surface area contributed by atoms with Gasteiger partial charge in [-0.3, -0.25) is 4.90 Å². The molecule has 0 saturated carbocycles. The molecular formula is C16H24N4O4S. The van der Waals surface area contributed by atoms with Gasteiger partial charge in [0, 0.05) is 31.7 Å². The van der Waals surface area contributed by atoms with Crippen molar-refractivity contribution in [3.8, 4) is 0 Å². The number of rotatable bonds is 4. The van der Waals surface area contributed by atoms with E-state index >= 15 is 0 Å². The van der Waals surface area contributed by atoms with Crippen molar-refractivity contribution < 1.29 is 17.5 Å². The van der Waals surface area contributed by atoms with Crippen molar-refractivity contribution in [1.82, 2.24) is 19.5 Å². The Hall–Kier alpha value is -1.71. The molecule has 2 aromatic heterocycles. The van der Waals surface area contributed by atoms with E-state index < -0.39 is 10.0 Å². The van der Waals surface area contributed by atoms with Gasteiger partial charge in [-0.15, -0.1) is 0 Å². The molecule has 3 rings (SSSR count). The van der Waals surface area contributed by atoms with Crippen LogP contribution in [0.1, 0.15) is 34.9 Å². The zero-order valence-corrected chi connectivity index (χ0v) is 15.9. The first-order valence-electron chi connectivity index (χ1n) is 8.38. The minimum atomic E-state index is -3.59. The number of nitrogens with zero attached hydrogens (tertiary/aromatic N) is 4. The van der Waals surface area contributed by atoms with Gasteiger partial charge in [0.25, 0.3) is 0 Å². The Bertz CT molecular complexity index is 817. The van der Waals surface area contributed by atoms with Gasteiger partial charge in [0.1, 0.15) is 16.3 Å². The van der Waals surface area contributed by atoms with Gasteiger partial charge in [0.05, 0.1) is 5.69 Å². The highest BCUT2D eigenvalue weighted by Crippen LogP contribution is 2.24. The van der Waals surface area contributed by atoms with E-state index in [2.05, 4.69) is 15.2 Å². The Labute approximate surface area is 147 Å². The van der Waals surface area contributed by atoms with E-state index in [0.717, 1.165) is 36.5 Å². The van der Waals surface area contributed by atoms with Crippen LogP contribution in [0.15, 0.2) is 13.9 Å². The van der Waals surface area contributed by atoms with E-state index in [4.69, 9.17) is 9.05 Å². The quantitative estimate of drug-likeness (QED) is 0.812. The van der Waals surface area contributed by atoms with Crippen molar-refractivity contribution in [2.45, 2.75) is 45.6 Å². The normalized spacial score (nSPS) is 17.8. The molecule has 0 atom stereocenters. The largest absolute Gasteiger partial charge is 0.361 e. The van der Waals surface area contributed by atoms with Crippen molar-refractivity contribution in [2.75, 3.05) is 26.2 Å². The lowest BCUT2D eigenvalue weighted by Gasteiger charge is -2.21. The van der Waals surface area contributed by atoms with Gasteiger partial charge in [-0.05, 0) is 40.7 Å². The van der Waals surface area contributed by atoms with Crippen LogP contribution in [0.4, 0.5) is 0 Å². The summed E-state index contributed by atoms with van der Waals surface area (Å²) in [5.41, 5.74) is 2.39. The van der Waals surface area contributed by atoms with E-state index in [0.29, 0.717) is 31.1 Å². The molecule has 0 aliphatic carbocycles. The number of aromatic nitrogens is 2. The maximum absolute atomic E-state index is 13.0. The first-order chi connectivity index (χ1) is 11.8. The van der Waals surface area contributed by atoms with Crippen molar-refractivity contribution in [2.24, 2.45) is 0 Å². The number of hydrogen-bond acceptors (Lipinski definition) is 7. The minimum absolute atomic E-state index is 0.201. The van der Waals surface area contributed by atoms with Crippen molar-refractivity contribution in [3.05, 3.63) is 28.5 Å². The fourth-order valence-electron chi connectivity index (χ4n) is 3.27. The number of aryl methyl sites for hydroxylation is 4.